The lowest BCUT2D eigenvalue weighted by Crippen LogP contribution is -2.19. The SMILES string of the molecule is COC(=O)c1cc(Br)cc(Br)c1NC(C)CCC(=O)O. The van der Waals surface area contributed by atoms with Crippen LogP contribution in [0.4, 0.5) is 5.69 Å². The number of benzene rings is 1. The van der Waals surface area contributed by atoms with Gasteiger partial charge in [0.1, 0.15) is 0 Å². The van der Waals surface area contributed by atoms with E-state index in [1.54, 1.807) is 12.1 Å². The molecule has 110 valence electrons. The highest BCUT2D eigenvalue weighted by molar-refractivity contribution is 9.11. The van der Waals surface area contributed by atoms with E-state index < -0.39 is 11.9 Å². The average Bonchev–Trinajstić information content (AvgIpc) is 2.38. The zero-order valence-electron chi connectivity index (χ0n) is 11.1. The number of hydrogen-bond acceptors (Lipinski definition) is 4. The van der Waals surface area contributed by atoms with Crippen molar-refractivity contribution in [3.63, 3.8) is 0 Å². The van der Waals surface area contributed by atoms with Gasteiger partial charge in [-0.3, -0.25) is 4.79 Å². The molecule has 0 aliphatic rings. The minimum atomic E-state index is -0.846. The molecule has 0 radical (unpaired) electrons. The average molecular weight is 409 g/mol. The first-order valence-corrected chi connectivity index (χ1v) is 7.49. The monoisotopic (exact) mass is 407 g/mol. The lowest BCUT2D eigenvalue weighted by Gasteiger charge is -2.18. The van der Waals surface area contributed by atoms with Crippen molar-refractivity contribution in [3.05, 3.63) is 26.6 Å². The van der Waals surface area contributed by atoms with E-state index in [1.807, 2.05) is 6.92 Å². The van der Waals surface area contributed by atoms with Crippen molar-refractivity contribution in [2.24, 2.45) is 0 Å². The maximum Gasteiger partial charge on any atom is 0.340 e. The van der Waals surface area contributed by atoms with Crippen LogP contribution < -0.4 is 5.32 Å². The van der Waals surface area contributed by atoms with Crippen LogP contribution in [0.25, 0.3) is 0 Å². The molecule has 20 heavy (non-hydrogen) atoms. The molecule has 0 spiro atoms. The van der Waals surface area contributed by atoms with E-state index >= 15 is 0 Å². The summed E-state index contributed by atoms with van der Waals surface area (Å²) in [5, 5.41) is 11.8. The number of halogens is 2. The number of nitrogens with one attached hydrogen (secondary N) is 1. The van der Waals surface area contributed by atoms with Crippen molar-refractivity contribution >= 4 is 49.5 Å². The third-order valence-corrected chi connectivity index (χ3v) is 3.73. The van der Waals surface area contributed by atoms with Gasteiger partial charge < -0.3 is 15.2 Å². The molecule has 0 fully saturated rings. The number of carbonyl (C=O) groups is 2. The molecule has 0 heterocycles. The van der Waals surface area contributed by atoms with Crippen LogP contribution in [0.2, 0.25) is 0 Å². The Morgan fingerprint density at radius 3 is 2.60 bits per heavy atom. The standard InChI is InChI=1S/C13H15Br2NO4/c1-7(3-4-11(17)18)16-12-9(13(19)20-2)5-8(14)6-10(12)15/h5-7,16H,3-4H2,1-2H3,(H,17,18). The molecule has 0 saturated heterocycles. The second-order valence-electron chi connectivity index (χ2n) is 4.28. The zero-order valence-corrected chi connectivity index (χ0v) is 14.2. The van der Waals surface area contributed by atoms with Crippen molar-refractivity contribution in [1.82, 2.24) is 0 Å². The molecule has 7 heteroatoms. The fourth-order valence-electron chi connectivity index (χ4n) is 1.65. The zero-order chi connectivity index (χ0) is 15.3. The third-order valence-electron chi connectivity index (χ3n) is 2.64. The summed E-state index contributed by atoms with van der Waals surface area (Å²) in [4.78, 5) is 22.4. The van der Waals surface area contributed by atoms with Crippen LogP contribution in [0, 0.1) is 0 Å². The topological polar surface area (TPSA) is 75.6 Å². The van der Waals surface area contributed by atoms with Gasteiger partial charge in [0.15, 0.2) is 0 Å². The Morgan fingerprint density at radius 1 is 1.40 bits per heavy atom. The summed E-state index contributed by atoms with van der Waals surface area (Å²) in [6, 6.07) is 3.37. The molecule has 1 aromatic rings. The lowest BCUT2D eigenvalue weighted by molar-refractivity contribution is -0.137. The van der Waals surface area contributed by atoms with Crippen LogP contribution in [-0.4, -0.2) is 30.2 Å². The molecule has 5 nitrogen and oxygen atoms in total. The molecule has 0 bridgehead atoms. The smallest absolute Gasteiger partial charge is 0.340 e. The minimum Gasteiger partial charge on any atom is -0.481 e. The van der Waals surface area contributed by atoms with Crippen LogP contribution >= 0.6 is 31.9 Å². The van der Waals surface area contributed by atoms with Crippen molar-refractivity contribution in [2.45, 2.75) is 25.8 Å². The van der Waals surface area contributed by atoms with Crippen molar-refractivity contribution in [2.75, 3.05) is 12.4 Å². The Hall–Kier alpha value is -1.08. The van der Waals surface area contributed by atoms with Gasteiger partial charge >= 0.3 is 11.9 Å². The second kappa shape index (κ2) is 7.64. The number of rotatable bonds is 6. The van der Waals surface area contributed by atoms with Gasteiger partial charge in [0, 0.05) is 21.4 Å². The van der Waals surface area contributed by atoms with E-state index in [9.17, 15) is 9.59 Å². The highest BCUT2D eigenvalue weighted by Crippen LogP contribution is 2.32. The summed E-state index contributed by atoms with van der Waals surface area (Å²) < 4.78 is 6.20. The predicted octanol–water partition coefficient (Wildman–Crippen LogP) is 3.66. The molecule has 1 aromatic carbocycles. The van der Waals surface area contributed by atoms with Crippen LogP contribution in [0.15, 0.2) is 21.1 Å². The van der Waals surface area contributed by atoms with Gasteiger partial charge in [-0.2, -0.15) is 0 Å². The second-order valence-corrected chi connectivity index (χ2v) is 6.05. The van der Waals surface area contributed by atoms with Crippen LogP contribution in [0.1, 0.15) is 30.1 Å². The predicted molar refractivity (Wildman–Crippen MR) is 83.1 cm³/mol. The molecule has 0 saturated carbocycles. The fraction of sp³-hybridized carbons (Fsp3) is 0.385. The minimum absolute atomic E-state index is 0.0653. The van der Waals surface area contributed by atoms with E-state index in [2.05, 4.69) is 37.2 Å². The molecular formula is C13H15Br2NO4. The van der Waals surface area contributed by atoms with Gasteiger partial charge in [-0.1, -0.05) is 15.9 Å². The van der Waals surface area contributed by atoms with Gasteiger partial charge in [0.2, 0.25) is 0 Å². The number of carboxylic acid groups (broad SMARTS) is 1. The van der Waals surface area contributed by atoms with Crippen molar-refractivity contribution in [3.8, 4) is 0 Å². The Morgan fingerprint density at radius 2 is 2.05 bits per heavy atom. The summed E-state index contributed by atoms with van der Waals surface area (Å²) in [7, 11) is 1.31. The van der Waals surface area contributed by atoms with Gasteiger partial charge in [-0.15, -0.1) is 0 Å². The van der Waals surface area contributed by atoms with E-state index in [-0.39, 0.29) is 12.5 Å². The molecule has 0 aliphatic carbocycles. The first-order valence-electron chi connectivity index (χ1n) is 5.90. The Balaban J connectivity index is 2.98. The first kappa shape index (κ1) is 17.0. The number of carbonyl (C=O) groups excluding carboxylic acids is 1. The number of carboxylic acids is 1. The normalized spacial score (nSPS) is 11.8. The van der Waals surface area contributed by atoms with Gasteiger partial charge in [0.05, 0.1) is 18.4 Å². The van der Waals surface area contributed by atoms with Gasteiger partial charge in [0.25, 0.3) is 0 Å². The first-order chi connectivity index (χ1) is 9.35. The maximum atomic E-state index is 11.8. The summed E-state index contributed by atoms with van der Waals surface area (Å²) in [6.45, 7) is 1.86. The highest BCUT2D eigenvalue weighted by Gasteiger charge is 2.18. The summed E-state index contributed by atoms with van der Waals surface area (Å²) in [5.74, 6) is -1.30. The Bertz CT molecular complexity index is 519. The largest absolute Gasteiger partial charge is 0.481 e. The van der Waals surface area contributed by atoms with E-state index in [4.69, 9.17) is 9.84 Å². The summed E-state index contributed by atoms with van der Waals surface area (Å²) in [6.07, 6.45) is 0.522. The fourth-order valence-corrected chi connectivity index (χ4v) is 2.99. The van der Waals surface area contributed by atoms with Crippen LogP contribution in [-0.2, 0) is 9.53 Å². The molecule has 0 amide bonds. The number of methoxy groups -OCH3 is 1. The van der Waals surface area contributed by atoms with Crippen LogP contribution in [0.3, 0.4) is 0 Å². The number of anilines is 1. The summed E-state index contributed by atoms with van der Waals surface area (Å²) in [5.41, 5.74) is 0.980. The Kier molecular flexibility index (Phi) is 6.48. The molecule has 0 aliphatic heterocycles. The molecular weight excluding hydrogens is 394 g/mol. The van der Waals surface area contributed by atoms with Crippen molar-refractivity contribution < 1.29 is 19.4 Å². The molecule has 2 N–H and O–H groups in total. The van der Waals surface area contributed by atoms with Gasteiger partial charge in [-0.25, -0.2) is 4.79 Å². The number of ether oxygens (including phenoxy) is 1. The van der Waals surface area contributed by atoms with Crippen molar-refractivity contribution in [1.29, 1.82) is 0 Å². The highest BCUT2D eigenvalue weighted by atomic mass is 79.9. The molecule has 1 rings (SSSR count). The van der Waals surface area contributed by atoms with Gasteiger partial charge in [-0.05, 0) is 41.4 Å². The number of aliphatic carboxylic acids is 1. The quantitative estimate of drug-likeness (QED) is 0.702. The lowest BCUT2D eigenvalue weighted by atomic mass is 10.1. The van der Waals surface area contributed by atoms with E-state index in [0.717, 1.165) is 4.47 Å². The van der Waals surface area contributed by atoms with E-state index in [1.165, 1.54) is 7.11 Å². The number of hydrogen-bond donors (Lipinski definition) is 2. The number of esters is 1. The molecule has 0 aromatic heterocycles. The van der Waals surface area contributed by atoms with E-state index in [0.29, 0.717) is 22.1 Å². The Labute approximate surface area is 134 Å². The maximum absolute atomic E-state index is 11.8. The molecule has 1 unspecified atom stereocenters. The summed E-state index contributed by atoms with van der Waals surface area (Å²) >= 11 is 6.70. The van der Waals surface area contributed by atoms with Crippen LogP contribution in [0.5, 0.6) is 0 Å². The molecule has 1 atom stereocenters. The third kappa shape index (κ3) is 4.79.